The Morgan fingerprint density at radius 2 is 2.04 bits per heavy atom. The Bertz CT molecular complexity index is 681. The molecule has 1 aromatic heterocycles. The molecule has 1 aromatic rings. The Morgan fingerprint density at radius 1 is 1.33 bits per heavy atom. The number of fused-ring (bicyclic) bond motifs is 1. The van der Waals surface area contributed by atoms with Crippen molar-refractivity contribution in [1.29, 1.82) is 0 Å². The van der Waals surface area contributed by atoms with E-state index in [0.717, 1.165) is 12.1 Å². The summed E-state index contributed by atoms with van der Waals surface area (Å²) in [6.07, 6.45) is 2.66. The second-order valence-electron chi connectivity index (χ2n) is 7.27. The van der Waals surface area contributed by atoms with Crippen LogP contribution in [0.25, 0.3) is 0 Å². The van der Waals surface area contributed by atoms with Gasteiger partial charge in [0.2, 0.25) is 11.8 Å². The van der Waals surface area contributed by atoms with Crippen LogP contribution in [0.1, 0.15) is 31.5 Å². The van der Waals surface area contributed by atoms with Crippen molar-refractivity contribution in [3.8, 4) is 0 Å². The number of halogens is 2. The van der Waals surface area contributed by atoms with Crippen molar-refractivity contribution in [2.75, 3.05) is 19.6 Å². The monoisotopic (exact) mass is 338 g/mol. The minimum Gasteiger partial charge on any atom is -0.334 e. The molecule has 3 aliphatic rings. The van der Waals surface area contributed by atoms with E-state index in [1.54, 1.807) is 15.8 Å². The lowest BCUT2D eigenvalue weighted by Crippen LogP contribution is -2.59. The maximum absolute atomic E-state index is 13.0. The summed E-state index contributed by atoms with van der Waals surface area (Å²) in [6, 6.07) is 1.55. The highest BCUT2D eigenvalue weighted by molar-refractivity contribution is 5.82. The summed E-state index contributed by atoms with van der Waals surface area (Å²) in [4.78, 5) is 27.7. The van der Waals surface area contributed by atoms with Crippen molar-refractivity contribution in [3.05, 3.63) is 18.0 Å². The maximum atomic E-state index is 13.0. The zero-order valence-corrected chi connectivity index (χ0v) is 13.5. The van der Waals surface area contributed by atoms with Crippen molar-refractivity contribution < 1.29 is 18.4 Å². The molecule has 1 saturated carbocycles. The number of aromatic nitrogens is 2. The molecule has 24 heavy (non-hydrogen) atoms. The molecule has 8 heteroatoms. The molecule has 0 N–H and O–H groups in total. The van der Waals surface area contributed by atoms with Gasteiger partial charge in [0.25, 0.3) is 5.92 Å². The Labute approximate surface area is 138 Å². The molecule has 2 aliphatic heterocycles. The van der Waals surface area contributed by atoms with E-state index in [1.807, 2.05) is 6.07 Å². The fourth-order valence-corrected chi connectivity index (χ4v) is 3.63. The number of rotatable bonds is 3. The molecule has 0 unspecified atom stereocenters. The standard InChI is InChI=1S/C16H20F2N4O2/c1-10-4-13(10)15(24)20-6-11-2-3-19-22(11)12(7-20)5-14(23)21-8-16(17,18)9-21/h2-3,10,12-13H,4-9H2,1H3/t10-,12-,13+/m1/s1. The minimum absolute atomic E-state index is 0.0879. The first-order valence-electron chi connectivity index (χ1n) is 8.31. The first-order valence-corrected chi connectivity index (χ1v) is 8.31. The molecule has 0 bridgehead atoms. The highest BCUT2D eigenvalue weighted by Crippen LogP contribution is 2.40. The topological polar surface area (TPSA) is 58.4 Å². The predicted molar refractivity (Wildman–Crippen MR) is 80.1 cm³/mol. The highest BCUT2D eigenvalue weighted by Gasteiger charge is 2.47. The smallest absolute Gasteiger partial charge is 0.282 e. The molecule has 1 aliphatic carbocycles. The van der Waals surface area contributed by atoms with Gasteiger partial charge >= 0.3 is 0 Å². The van der Waals surface area contributed by atoms with E-state index in [4.69, 9.17) is 0 Å². The van der Waals surface area contributed by atoms with Crippen LogP contribution >= 0.6 is 0 Å². The minimum atomic E-state index is -2.76. The fraction of sp³-hybridized carbons (Fsp3) is 0.688. The maximum Gasteiger partial charge on any atom is 0.282 e. The number of likely N-dealkylation sites (tertiary alicyclic amines) is 1. The van der Waals surface area contributed by atoms with Gasteiger partial charge in [-0.1, -0.05) is 6.92 Å². The van der Waals surface area contributed by atoms with Crippen molar-refractivity contribution in [3.63, 3.8) is 0 Å². The van der Waals surface area contributed by atoms with Crippen molar-refractivity contribution in [1.82, 2.24) is 19.6 Å². The van der Waals surface area contributed by atoms with E-state index in [2.05, 4.69) is 12.0 Å². The summed E-state index contributed by atoms with van der Waals surface area (Å²) in [5.74, 6) is -2.43. The molecular weight excluding hydrogens is 318 g/mol. The van der Waals surface area contributed by atoms with Gasteiger partial charge in [0.15, 0.2) is 0 Å². The molecule has 2 fully saturated rings. The molecular formula is C16H20F2N4O2. The van der Waals surface area contributed by atoms with E-state index >= 15 is 0 Å². The summed E-state index contributed by atoms with van der Waals surface area (Å²) in [7, 11) is 0. The van der Waals surface area contributed by atoms with Crippen molar-refractivity contribution in [2.24, 2.45) is 11.8 Å². The van der Waals surface area contributed by atoms with Crippen molar-refractivity contribution in [2.45, 2.75) is 38.3 Å². The van der Waals surface area contributed by atoms with E-state index in [-0.39, 0.29) is 30.2 Å². The molecule has 0 aromatic carbocycles. The second-order valence-corrected chi connectivity index (χ2v) is 7.27. The van der Waals surface area contributed by atoms with Crippen molar-refractivity contribution >= 4 is 11.8 Å². The summed E-state index contributed by atoms with van der Waals surface area (Å²) >= 11 is 0. The van der Waals surface area contributed by atoms with Crippen LogP contribution in [0.5, 0.6) is 0 Å². The lowest BCUT2D eigenvalue weighted by molar-refractivity contribution is -0.166. The number of hydrogen-bond acceptors (Lipinski definition) is 3. The van der Waals surface area contributed by atoms with Gasteiger partial charge in [-0.2, -0.15) is 5.10 Å². The average Bonchev–Trinajstić information content (AvgIpc) is 3.03. The summed E-state index contributed by atoms with van der Waals surface area (Å²) in [5, 5.41) is 4.25. The lowest BCUT2D eigenvalue weighted by Gasteiger charge is -2.40. The van der Waals surface area contributed by atoms with Crippen LogP contribution in [0.3, 0.4) is 0 Å². The quantitative estimate of drug-likeness (QED) is 0.834. The van der Waals surface area contributed by atoms with Gasteiger partial charge < -0.3 is 9.80 Å². The summed E-state index contributed by atoms with van der Waals surface area (Å²) in [5.41, 5.74) is 0.884. The molecule has 130 valence electrons. The molecule has 0 spiro atoms. The van der Waals surface area contributed by atoms with Gasteiger partial charge in [-0.15, -0.1) is 0 Å². The van der Waals surface area contributed by atoms with Gasteiger partial charge in [0.1, 0.15) is 0 Å². The number of carbonyl (C=O) groups is 2. The zero-order valence-electron chi connectivity index (χ0n) is 13.5. The highest BCUT2D eigenvalue weighted by atomic mass is 19.3. The second kappa shape index (κ2) is 5.26. The molecule has 6 nitrogen and oxygen atoms in total. The molecule has 3 atom stereocenters. The molecule has 3 heterocycles. The normalized spacial score (nSPS) is 30.5. The van der Waals surface area contributed by atoms with Gasteiger partial charge in [-0.05, 0) is 18.4 Å². The Morgan fingerprint density at radius 3 is 2.67 bits per heavy atom. The summed E-state index contributed by atoms with van der Waals surface area (Å²) in [6.45, 7) is 1.95. The third kappa shape index (κ3) is 2.67. The van der Waals surface area contributed by atoms with Crippen LogP contribution in [0.4, 0.5) is 8.78 Å². The number of carbonyl (C=O) groups excluding carboxylic acids is 2. The van der Waals surface area contributed by atoms with Crippen LogP contribution in [-0.2, 0) is 16.1 Å². The van der Waals surface area contributed by atoms with E-state index in [9.17, 15) is 18.4 Å². The van der Waals surface area contributed by atoms with Crippen LogP contribution in [0.2, 0.25) is 0 Å². The number of nitrogens with zero attached hydrogens (tertiary/aromatic N) is 4. The third-order valence-electron chi connectivity index (χ3n) is 5.23. The van der Waals surface area contributed by atoms with Crippen LogP contribution in [0.15, 0.2) is 12.3 Å². The molecule has 0 radical (unpaired) electrons. The Kier molecular flexibility index (Phi) is 3.40. The molecule has 1 saturated heterocycles. The number of alkyl halides is 2. The predicted octanol–water partition coefficient (Wildman–Crippen LogP) is 1.29. The van der Waals surface area contributed by atoms with E-state index in [0.29, 0.717) is 19.0 Å². The third-order valence-corrected chi connectivity index (χ3v) is 5.23. The van der Waals surface area contributed by atoms with Crippen LogP contribution < -0.4 is 0 Å². The van der Waals surface area contributed by atoms with Crippen LogP contribution in [-0.4, -0.2) is 57.0 Å². The Hall–Kier alpha value is -1.99. The fourth-order valence-electron chi connectivity index (χ4n) is 3.63. The first-order chi connectivity index (χ1) is 11.3. The van der Waals surface area contributed by atoms with E-state index in [1.165, 1.54) is 4.90 Å². The van der Waals surface area contributed by atoms with Gasteiger partial charge in [0.05, 0.1) is 37.8 Å². The number of amides is 2. The SMILES string of the molecule is C[C@@H]1C[C@@H]1C(=O)N1Cc2ccnn2[C@H](CC(=O)N2CC(F)(F)C2)C1. The molecule has 4 rings (SSSR count). The lowest BCUT2D eigenvalue weighted by atomic mass is 10.1. The average molecular weight is 338 g/mol. The van der Waals surface area contributed by atoms with E-state index < -0.39 is 19.0 Å². The number of hydrogen-bond donors (Lipinski definition) is 0. The van der Waals surface area contributed by atoms with Crippen LogP contribution in [0, 0.1) is 11.8 Å². The molecule has 2 amide bonds. The first kappa shape index (κ1) is 15.5. The van der Waals surface area contributed by atoms with Gasteiger partial charge in [0, 0.05) is 18.7 Å². The summed E-state index contributed by atoms with van der Waals surface area (Å²) < 4.78 is 27.7. The van der Waals surface area contributed by atoms with Gasteiger partial charge in [-0.25, -0.2) is 8.78 Å². The largest absolute Gasteiger partial charge is 0.334 e. The van der Waals surface area contributed by atoms with Gasteiger partial charge in [-0.3, -0.25) is 14.3 Å². The zero-order chi connectivity index (χ0) is 17.1. The Balaban J connectivity index is 1.46.